The number of carboxylic acid groups (broad SMARTS) is 1. The Balaban J connectivity index is 2.12. The van der Waals surface area contributed by atoms with Gasteiger partial charge in [0.2, 0.25) is 5.91 Å². The van der Waals surface area contributed by atoms with Crippen LogP contribution in [0.2, 0.25) is 0 Å². The third kappa shape index (κ3) is 4.06. The second kappa shape index (κ2) is 7.25. The molecule has 4 heteroatoms. The number of aliphatic carboxylic acids is 1. The first-order chi connectivity index (χ1) is 10.1. The highest BCUT2D eigenvalue weighted by molar-refractivity contribution is 5.80. The van der Waals surface area contributed by atoms with Crippen LogP contribution in [0.3, 0.4) is 0 Å². The molecule has 1 fully saturated rings. The van der Waals surface area contributed by atoms with Crippen LogP contribution in [0.15, 0.2) is 30.3 Å². The highest BCUT2D eigenvalue weighted by Crippen LogP contribution is 2.27. The van der Waals surface area contributed by atoms with Crippen LogP contribution in [0, 0.1) is 11.8 Å². The van der Waals surface area contributed by atoms with Crippen LogP contribution in [0.1, 0.15) is 50.6 Å². The van der Waals surface area contributed by atoms with Gasteiger partial charge in [-0.2, -0.15) is 0 Å². The van der Waals surface area contributed by atoms with Gasteiger partial charge in [0.15, 0.2) is 0 Å². The molecule has 1 amide bonds. The fraction of sp³-hybridized carbons (Fsp3) is 0.529. The Bertz CT molecular complexity index is 480. The zero-order chi connectivity index (χ0) is 15.2. The molecule has 1 aliphatic carbocycles. The summed E-state index contributed by atoms with van der Waals surface area (Å²) in [4.78, 5) is 23.7. The third-order valence-electron chi connectivity index (χ3n) is 4.32. The number of hydrogen-bond donors (Lipinski definition) is 2. The highest BCUT2D eigenvalue weighted by Gasteiger charge is 2.29. The van der Waals surface area contributed by atoms with Gasteiger partial charge in [0.25, 0.3) is 0 Å². The van der Waals surface area contributed by atoms with Gasteiger partial charge in [-0.15, -0.1) is 0 Å². The molecule has 0 spiro atoms. The summed E-state index contributed by atoms with van der Waals surface area (Å²) >= 11 is 0. The number of carboxylic acids is 1. The zero-order valence-electron chi connectivity index (χ0n) is 12.4. The summed E-state index contributed by atoms with van der Waals surface area (Å²) in [6.07, 6.45) is 5.19. The molecule has 0 heterocycles. The Labute approximate surface area is 125 Å². The summed E-state index contributed by atoms with van der Waals surface area (Å²) in [6, 6.07) is 8.87. The molecule has 1 aromatic carbocycles. The van der Waals surface area contributed by atoms with E-state index in [0.717, 1.165) is 31.2 Å². The summed E-state index contributed by atoms with van der Waals surface area (Å²) in [5.41, 5.74) is 0.844. The maximum Gasteiger partial charge on any atom is 0.308 e. The second-order valence-corrected chi connectivity index (χ2v) is 5.86. The lowest BCUT2D eigenvalue weighted by molar-refractivity contribution is -0.142. The van der Waals surface area contributed by atoms with Crippen LogP contribution >= 0.6 is 0 Å². The van der Waals surface area contributed by atoms with Crippen molar-refractivity contribution in [2.45, 2.75) is 45.1 Å². The second-order valence-electron chi connectivity index (χ2n) is 5.86. The Morgan fingerprint density at radius 3 is 2.33 bits per heavy atom. The van der Waals surface area contributed by atoms with Gasteiger partial charge < -0.3 is 10.4 Å². The Hall–Kier alpha value is -1.84. The molecule has 1 aromatic rings. The highest BCUT2D eigenvalue weighted by atomic mass is 16.4. The van der Waals surface area contributed by atoms with Crippen molar-refractivity contribution < 1.29 is 14.7 Å². The molecule has 2 atom stereocenters. The topological polar surface area (TPSA) is 66.4 Å². The predicted octanol–water partition coefficient (Wildman–Crippen LogP) is 3.14. The van der Waals surface area contributed by atoms with Crippen molar-refractivity contribution in [1.82, 2.24) is 5.32 Å². The van der Waals surface area contributed by atoms with Crippen molar-refractivity contribution in [3.05, 3.63) is 35.9 Å². The van der Waals surface area contributed by atoms with Gasteiger partial charge in [-0.25, -0.2) is 0 Å². The minimum Gasteiger partial charge on any atom is -0.481 e. The lowest BCUT2D eigenvalue weighted by atomic mass is 9.87. The van der Waals surface area contributed by atoms with E-state index >= 15 is 0 Å². The molecule has 4 nitrogen and oxygen atoms in total. The number of carbonyl (C=O) groups excluding carboxylic acids is 1. The molecule has 2 unspecified atom stereocenters. The van der Waals surface area contributed by atoms with Crippen LogP contribution in [0.25, 0.3) is 0 Å². The number of hydrogen-bond acceptors (Lipinski definition) is 2. The first-order valence-electron chi connectivity index (χ1n) is 7.67. The third-order valence-corrected chi connectivity index (χ3v) is 4.32. The van der Waals surface area contributed by atoms with Crippen LogP contribution in [-0.4, -0.2) is 17.0 Å². The predicted molar refractivity (Wildman–Crippen MR) is 80.7 cm³/mol. The standard InChI is InChI=1S/C17H23NO3/c1-12(17(20)21)15(13-8-4-2-5-9-13)18-16(19)14-10-6-3-7-11-14/h2,4-5,8-9,12,14-15H,3,6-7,10-11H2,1H3,(H,18,19)(H,20,21). The molecule has 2 N–H and O–H groups in total. The molecule has 0 radical (unpaired) electrons. The average Bonchev–Trinajstić information content (AvgIpc) is 2.53. The van der Waals surface area contributed by atoms with Crippen molar-refractivity contribution in [1.29, 1.82) is 0 Å². The van der Waals surface area contributed by atoms with Crippen LogP contribution < -0.4 is 5.32 Å². The minimum atomic E-state index is -0.896. The SMILES string of the molecule is CC(C(=O)O)C(NC(=O)C1CCCCC1)c1ccccc1. The molecule has 0 aromatic heterocycles. The summed E-state index contributed by atoms with van der Waals surface area (Å²) in [6.45, 7) is 1.64. The van der Waals surface area contributed by atoms with Crippen molar-refractivity contribution in [2.24, 2.45) is 11.8 Å². The normalized spacial score (nSPS) is 18.7. The van der Waals surface area contributed by atoms with E-state index in [1.807, 2.05) is 30.3 Å². The van der Waals surface area contributed by atoms with E-state index in [1.54, 1.807) is 6.92 Å². The molecular formula is C17H23NO3. The maximum absolute atomic E-state index is 12.4. The summed E-state index contributed by atoms with van der Waals surface area (Å²) in [5, 5.41) is 12.3. The Morgan fingerprint density at radius 2 is 1.76 bits per heavy atom. The van der Waals surface area contributed by atoms with Crippen LogP contribution in [-0.2, 0) is 9.59 Å². The van der Waals surface area contributed by atoms with E-state index in [4.69, 9.17) is 0 Å². The van der Waals surface area contributed by atoms with Gasteiger partial charge in [-0.1, -0.05) is 49.6 Å². The molecular weight excluding hydrogens is 266 g/mol. The summed E-state index contributed by atoms with van der Waals surface area (Å²) in [5.74, 6) is -1.52. The Morgan fingerprint density at radius 1 is 1.14 bits per heavy atom. The molecule has 114 valence electrons. The molecule has 21 heavy (non-hydrogen) atoms. The molecule has 1 aliphatic rings. The Kier molecular flexibility index (Phi) is 5.37. The van der Waals surface area contributed by atoms with E-state index in [-0.39, 0.29) is 11.8 Å². The van der Waals surface area contributed by atoms with Gasteiger partial charge in [0, 0.05) is 5.92 Å². The molecule has 0 bridgehead atoms. The van der Waals surface area contributed by atoms with Gasteiger partial charge >= 0.3 is 5.97 Å². The number of nitrogens with one attached hydrogen (secondary N) is 1. The number of rotatable bonds is 5. The van der Waals surface area contributed by atoms with Gasteiger partial charge in [0.1, 0.15) is 0 Å². The van der Waals surface area contributed by atoms with Crippen molar-refractivity contribution in [3.8, 4) is 0 Å². The molecule has 1 saturated carbocycles. The molecule has 0 saturated heterocycles. The van der Waals surface area contributed by atoms with Crippen molar-refractivity contribution in [2.75, 3.05) is 0 Å². The van der Waals surface area contributed by atoms with Crippen LogP contribution in [0.4, 0.5) is 0 Å². The summed E-state index contributed by atoms with van der Waals surface area (Å²) in [7, 11) is 0. The first kappa shape index (κ1) is 15.5. The van der Waals surface area contributed by atoms with Crippen LogP contribution in [0.5, 0.6) is 0 Å². The van der Waals surface area contributed by atoms with E-state index in [9.17, 15) is 14.7 Å². The smallest absolute Gasteiger partial charge is 0.308 e. The lowest BCUT2D eigenvalue weighted by Crippen LogP contribution is -2.39. The van der Waals surface area contributed by atoms with Gasteiger partial charge in [-0.05, 0) is 25.3 Å². The molecule has 2 rings (SSSR count). The largest absolute Gasteiger partial charge is 0.481 e. The fourth-order valence-electron chi connectivity index (χ4n) is 2.94. The van der Waals surface area contributed by atoms with E-state index in [0.29, 0.717) is 0 Å². The number of carbonyl (C=O) groups is 2. The fourth-order valence-corrected chi connectivity index (χ4v) is 2.94. The number of benzene rings is 1. The van der Waals surface area contributed by atoms with E-state index in [1.165, 1.54) is 6.42 Å². The van der Waals surface area contributed by atoms with Gasteiger partial charge in [0.05, 0.1) is 12.0 Å². The van der Waals surface area contributed by atoms with E-state index in [2.05, 4.69) is 5.32 Å². The average molecular weight is 289 g/mol. The van der Waals surface area contributed by atoms with Gasteiger partial charge in [-0.3, -0.25) is 9.59 Å². The summed E-state index contributed by atoms with van der Waals surface area (Å²) < 4.78 is 0. The van der Waals surface area contributed by atoms with E-state index < -0.39 is 17.9 Å². The number of amides is 1. The van der Waals surface area contributed by atoms with Crippen molar-refractivity contribution in [3.63, 3.8) is 0 Å². The quantitative estimate of drug-likeness (QED) is 0.875. The monoisotopic (exact) mass is 289 g/mol. The lowest BCUT2D eigenvalue weighted by Gasteiger charge is -2.27. The van der Waals surface area contributed by atoms with Crippen molar-refractivity contribution >= 4 is 11.9 Å². The molecule has 0 aliphatic heterocycles. The first-order valence-corrected chi connectivity index (χ1v) is 7.67. The zero-order valence-corrected chi connectivity index (χ0v) is 12.4. The maximum atomic E-state index is 12.4. The minimum absolute atomic E-state index is 0.00310.